The fourth-order valence-corrected chi connectivity index (χ4v) is 1.26. The van der Waals surface area contributed by atoms with Gasteiger partial charge in [0.1, 0.15) is 10.8 Å². The fraction of sp³-hybridized carbons (Fsp3) is 0.125. The molecule has 0 fully saturated rings. The number of halogens is 4. The molecule has 0 atom stereocenters. The van der Waals surface area contributed by atoms with Crippen LogP contribution in [0.3, 0.4) is 0 Å². The molecule has 0 saturated carbocycles. The highest BCUT2D eigenvalue weighted by Crippen LogP contribution is 2.25. The highest BCUT2D eigenvalue weighted by Gasteiger charge is 2.18. The lowest BCUT2D eigenvalue weighted by Gasteiger charge is -2.03. The first-order valence-electron chi connectivity index (χ1n) is 3.29. The predicted octanol–water partition coefficient (Wildman–Crippen LogP) is 3.31. The van der Waals surface area contributed by atoms with Gasteiger partial charge in [0.15, 0.2) is 5.82 Å². The molecule has 0 bridgehead atoms. The van der Waals surface area contributed by atoms with Crippen molar-refractivity contribution in [2.45, 2.75) is 6.92 Å². The van der Waals surface area contributed by atoms with Crippen LogP contribution in [0.25, 0.3) is 0 Å². The van der Waals surface area contributed by atoms with Crippen molar-refractivity contribution >= 4 is 28.4 Å². The van der Waals surface area contributed by atoms with Crippen LogP contribution in [-0.4, -0.2) is 5.24 Å². The Kier molecular flexibility index (Phi) is 2.88. The van der Waals surface area contributed by atoms with Gasteiger partial charge in [-0.1, -0.05) is 11.6 Å². The first-order valence-corrected chi connectivity index (χ1v) is 4.04. The van der Waals surface area contributed by atoms with Crippen molar-refractivity contribution < 1.29 is 13.6 Å². The standard InChI is InChI=1S/C8H4Cl2F2O/c1-3-2-4(8(10)13)7(12)5(9)6(3)11/h2H,1H3. The van der Waals surface area contributed by atoms with Crippen molar-refractivity contribution in [3.63, 3.8) is 0 Å². The van der Waals surface area contributed by atoms with Crippen molar-refractivity contribution in [1.82, 2.24) is 0 Å². The molecule has 0 aliphatic rings. The van der Waals surface area contributed by atoms with E-state index < -0.39 is 27.5 Å². The average Bonchev–Trinajstić information content (AvgIpc) is 2.07. The Hall–Kier alpha value is -0.670. The van der Waals surface area contributed by atoms with Gasteiger partial charge < -0.3 is 0 Å². The molecule has 0 aromatic heterocycles. The summed E-state index contributed by atoms with van der Waals surface area (Å²) in [6.07, 6.45) is 0. The summed E-state index contributed by atoms with van der Waals surface area (Å²) in [6.45, 7) is 1.37. The summed E-state index contributed by atoms with van der Waals surface area (Å²) in [5.41, 5.74) is -0.332. The summed E-state index contributed by atoms with van der Waals surface area (Å²) in [4.78, 5) is 10.6. The van der Waals surface area contributed by atoms with Gasteiger partial charge in [0.25, 0.3) is 5.24 Å². The van der Waals surface area contributed by atoms with Crippen molar-refractivity contribution in [2.75, 3.05) is 0 Å². The SMILES string of the molecule is Cc1cc(C(=O)Cl)c(F)c(Cl)c1F. The van der Waals surface area contributed by atoms with Gasteiger partial charge in [-0.05, 0) is 30.2 Å². The summed E-state index contributed by atoms with van der Waals surface area (Å²) < 4.78 is 25.9. The highest BCUT2D eigenvalue weighted by molar-refractivity contribution is 6.67. The number of hydrogen-bond acceptors (Lipinski definition) is 1. The van der Waals surface area contributed by atoms with Crippen LogP contribution in [0.4, 0.5) is 8.78 Å². The molecule has 1 rings (SSSR count). The zero-order valence-corrected chi connectivity index (χ0v) is 8.01. The van der Waals surface area contributed by atoms with Crippen LogP contribution in [0.5, 0.6) is 0 Å². The average molecular weight is 225 g/mol. The van der Waals surface area contributed by atoms with Crippen LogP contribution in [0.1, 0.15) is 15.9 Å². The molecule has 0 aliphatic heterocycles. The summed E-state index contributed by atoms with van der Waals surface area (Å²) in [5.74, 6) is -1.99. The van der Waals surface area contributed by atoms with Crippen LogP contribution in [0, 0.1) is 18.6 Å². The van der Waals surface area contributed by atoms with Crippen LogP contribution in [0.15, 0.2) is 6.07 Å². The largest absolute Gasteiger partial charge is 0.275 e. The Morgan fingerprint density at radius 1 is 1.38 bits per heavy atom. The first-order chi connectivity index (χ1) is 5.95. The maximum atomic E-state index is 13.0. The predicted molar refractivity (Wildman–Crippen MR) is 46.3 cm³/mol. The fourth-order valence-electron chi connectivity index (χ4n) is 0.874. The van der Waals surface area contributed by atoms with E-state index in [1.165, 1.54) is 6.92 Å². The zero-order valence-electron chi connectivity index (χ0n) is 6.50. The Balaban J connectivity index is 3.50. The van der Waals surface area contributed by atoms with Gasteiger partial charge in [0.05, 0.1) is 5.56 Å². The number of benzene rings is 1. The smallest absolute Gasteiger partial charge is 0.255 e. The lowest BCUT2D eigenvalue weighted by atomic mass is 10.1. The normalized spacial score (nSPS) is 10.2. The number of aryl methyl sites for hydroxylation is 1. The quantitative estimate of drug-likeness (QED) is 0.529. The summed E-state index contributed by atoms with van der Waals surface area (Å²) in [5, 5.41) is -1.70. The Morgan fingerprint density at radius 2 is 1.92 bits per heavy atom. The van der Waals surface area contributed by atoms with Gasteiger partial charge in [-0.2, -0.15) is 0 Å². The van der Waals surface area contributed by atoms with Gasteiger partial charge in [0.2, 0.25) is 0 Å². The van der Waals surface area contributed by atoms with E-state index in [1.54, 1.807) is 0 Å². The number of carbonyl (C=O) groups excluding carboxylic acids is 1. The molecule has 0 unspecified atom stereocenters. The molecule has 0 heterocycles. The van der Waals surface area contributed by atoms with E-state index in [0.717, 1.165) is 6.07 Å². The minimum atomic E-state index is -1.12. The molecule has 70 valence electrons. The summed E-state index contributed by atoms with van der Waals surface area (Å²) in [7, 11) is 0. The molecule has 13 heavy (non-hydrogen) atoms. The minimum absolute atomic E-state index is 0.0791. The topological polar surface area (TPSA) is 17.1 Å². The molecular formula is C8H4Cl2F2O. The number of rotatable bonds is 1. The molecule has 0 aliphatic carbocycles. The number of hydrogen-bond donors (Lipinski definition) is 0. The third-order valence-corrected chi connectivity index (χ3v) is 2.08. The van der Waals surface area contributed by atoms with Gasteiger partial charge in [0, 0.05) is 0 Å². The second-order valence-corrected chi connectivity index (χ2v) is 3.18. The second kappa shape index (κ2) is 3.60. The van der Waals surface area contributed by atoms with E-state index >= 15 is 0 Å². The molecule has 0 spiro atoms. The van der Waals surface area contributed by atoms with E-state index in [9.17, 15) is 13.6 Å². The van der Waals surface area contributed by atoms with Gasteiger partial charge >= 0.3 is 0 Å². The minimum Gasteiger partial charge on any atom is -0.275 e. The molecule has 1 nitrogen and oxygen atoms in total. The van der Waals surface area contributed by atoms with E-state index in [2.05, 4.69) is 0 Å². The third-order valence-electron chi connectivity index (χ3n) is 1.54. The molecule has 0 saturated heterocycles. The molecule has 0 amide bonds. The van der Waals surface area contributed by atoms with Crippen molar-refractivity contribution in [1.29, 1.82) is 0 Å². The first kappa shape index (κ1) is 10.4. The molecule has 0 N–H and O–H groups in total. The Morgan fingerprint density at radius 3 is 2.38 bits per heavy atom. The maximum absolute atomic E-state index is 13.0. The van der Waals surface area contributed by atoms with Crippen LogP contribution in [-0.2, 0) is 0 Å². The van der Waals surface area contributed by atoms with Crippen molar-refractivity contribution in [2.24, 2.45) is 0 Å². The van der Waals surface area contributed by atoms with E-state index in [1.807, 2.05) is 0 Å². The van der Waals surface area contributed by atoms with Crippen molar-refractivity contribution in [3.8, 4) is 0 Å². The zero-order chi connectivity index (χ0) is 10.2. The van der Waals surface area contributed by atoms with Crippen LogP contribution < -0.4 is 0 Å². The van der Waals surface area contributed by atoms with Gasteiger partial charge in [-0.15, -0.1) is 0 Å². The molecular weight excluding hydrogens is 221 g/mol. The van der Waals surface area contributed by atoms with E-state index in [-0.39, 0.29) is 5.56 Å². The lowest BCUT2D eigenvalue weighted by molar-refractivity contribution is 0.107. The summed E-state index contributed by atoms with van der Waals surface area (Å²) >= 11 is 10.3. The highest BCUT2D eigenvalue weighted by atomic mass is 35.5. The number of carbonyl (C=O) groups is 1. The van der Waals surface area contributed by atoms with Crippen LogP contribution in [0.2, 0.25) is 5.02 Å². The molecule has 0 radical (unpaired) electrons. The maximum Gasteiger partial charge on any atom is 0.255 e. The Labute approximate surface area is 83.3 Å². The van der Waals surface area contributed by atoms with E-state index in [0.29, 0.717) is 0 Å². The van der Waals surface area contributed by atoms with E-state index in [4.69, 9.17) is 23.2 Å². The monoisotopic (exact) mass is 224 g/mol. The second-order valence-electron chi connectivity index (χ2n) is 2.46. The third kappa shape index (κ3) is 1.81. The summed E-state index contributed by atoms with van der Waals surface area (Å²) in [6, 6.07) is 1.02. The van der Waals surface area contributed by atoms with Crippen LogP contribution >= 0.6 is 23.2 Å². The molecule has 1 aromatic carbocycles. The molecule has 5 heteroatoms. The lowest BCUT2D eigenvalue weighted by Crippen LogP contribution is -1.99. The van der Waals surface area contributed by atoms with Gasteiger partial charge in [-0.3, -0.25) is 4.79 Å². The van der Waals surface area contributed by atoms with Gasteiger partial charge in [-0.25, -0.2) is 8.78 Å². The van der Waals surface area contributed by atoms with Crippen molar-refractivity contribution in [3.05, 3.63) is 33.9 Å². The Bertz CT molecular complexity index is 377. The molecule has 1 aromatic rings.